The van der Waals surface area contributed by atoms with E-state index in [-0.39, 0.29) is 11.6 Å². The van der Waals surface area contributed by atoms with Crippen LogP contribution in [0.25, 0.3) is 15.5 Å². The minimum atomic E-state index is -4.36. The first-order valence-electron chi connectivity index (χ1n) is 8.12. The summed E-state index contributed by atoms with van der Waals surface area (Å²) in [4.78, 5) is 8.30. The van der Waals surface area contributed by atoms with Gasteiger partial charge >= 0.3 is 0 Å². The maximum atomic E-state index is 14.0. The maximum Gasteiger partial charge on any atom is 0.264 e. The summed E-state index contributed by atoms with van der Waals surface area (Å²) < 4.78 is 61.3. The predicted molar refractivity (Wildman–Crippen MR) is 103 cm³/mol. The molecule has 29 heavy (non-hydrogen) atoms. The van der Waals surface area contributed by atoms with Crippen molar-refractivity contribution in [1.29, 1.82) is 0 Å². The molecule has 0 radical (unpaired) electrons. The zero-order valence-corrected chi connectivity index (χ0v) is 16.7. The van der Waals surface area contributed by atoms with Crippen LogP contribution >= 0.6 is 11.3 Å². The average molecular weight is 437 g/mol. The second kappa shape index (κ2) is 7.04. The number of fused-ring (bicyclic) bond motifs is 1. The van der Waals surface area contributed by atoms with Crippen LogP contribution in [0.5, 0.6) is 5.88 Å². The molecule has 4 aromatic rings. The van der Waals surface area contributed by atoms with Crippen LogP contribution in [0.2, 0.25) is 0 Å². The molecule has 0 atom stereocenters. The fourth-order valence-corrected chi connectivity index (χ4v) is 4.62. The molecule has 150 valence electrons. The Hall–Kier alpha value is -3.12. The fraction of sp³-hybridized carbons (Fsp3) is 0.118. The number of nitrogens with one attached hydrogen (secondary N) is 1. The zero-order valence-electron chi connectivity index (χ0n) is 15.1. The van der Waals surface area contributed by atoms with Crippen molar-refractivity contribution >= 4 is 32.0 Å². The van der Waals surface area contributed by atoms with E-state index >= 15 is 0 Å². The van der Waals surface area contributed by atoms with Gasteiger partial charge in [-0.1, -0.05) is 11.3 Å². The molecule has 0 amide bonds. The molecule has 0 aliphatic heterocycles. The Bertz CT molecular complexity index is 1330. The minimum Gasteiger partial charge on any atom is -0.480 e. The first-order valence-corrected chi connectivity index (χ1v) is 10.4. The number of hydrogen-bond acceptors (Lipinski definition) is 7. The highest BCUT2D eigenvalue weighted by Crippen LogP contribution is 2.32. The van der Waals surface area contributed by atoms with Gasteiger partial charge < -0.3 is 4.74 Å². The molecule has 0 bridgehead atoms. The SMILES string of the molecule is COc1ncc(-c2nn3c(C)cnc3s2)cc1NS(=O)(=O)c1ccc(F)cc1F. The van der Waals surface area contributed by atoms with E-state index in [4.69, 9.17) is 4.74 Å². The number of ether oxygens (including phenoxy) is 1. The van der Waals surface area contributed by atoms with Gasteiger partial charge in [0.15, 0.2) is 0 Å². The summed E-state index contributed by atoms with van der Waals surface area (Å²) in [5, 5.41) is 4.99. The molecule has 1 N–H and O–H groups in total. The van der Waals surface area contributed by atoms with Gasteiger partial charge in [0, 0.05) is 17.8 Å². The average Bonchev–Trinajstić information content (AvgIpc) is 3.23. The smallest absolute Gasteiger partial charge is 0.264 e. The lowest BCUT2D eigenvalue weighted by molar-refractivity contribution is 0.400. The number of anilines is 1. The minimum absolute atomic E-state index is 0.0155. The summed E-state index contributed by atoms with van der Waals surface area (Å²) in [7, 11) is -3.04. The maximum absolute atomic E-state index is 14.0. The number of methoxy groups -OCH3 is 1. The van der Waals surface area contributed by atoms with Crippen LogP contribution in [-0.4, -0.2) is 35.1 Å². The second-order valence-electron chi connectivity index (χ2n) is 5.96. The quantitative estimate of drug-likeness (QED) is 0.515. The molecule has 0 fully saturated rings. The van der Waals surface area contributed by atoms with Gasteiger partial charge in [-0.2, -0.15) is 5.10 Å². The standard InChI is InChI=1S/C17H13F2N5O3S2/c1-9-7-21-17-24(9)22-16(28-17)10-5-13(15(27-2)20-8-10)23-29(25,26)14-4-3-11(18)6-12(14)19/h3-8,23H,1-2H3. The number of nitrogens with zero attached hydrogens (tertiary/aromatic N) is 4. The Morgan fingerprint density at radius 3 is 2.66 bits per heavy atom. The van der Waals surface area contributed by atoms with E-state index in [2.05, 4.69) is 19.8 Å². The van der Waals surface area contributed by atoms with E-state index in [1.165, 1.54) is 30.7 Å². The number of aryl methyl sites for hydroxylation is 1. The molecule has 0 aliphatic rings. The third kappa shape index (κ3) is 3.51. The lowest BCUT2D eigenvalue weighted by Crippen LogP contribution is -2.15. The number of hydrogen-bond donors (Lipinski definition) is 1. The van der Waals surface area contributed by atoms with Crippen LogP contribution in [0.15, 0.2) is 41.6 Å². The largest absolute Gasteiger partial charge is 0.480 e. The second-order valence-corrected chi connectivity index (χ2v) is 8.57. The summed E-state index contributed by atoms with van der Waals surface area (Å²) in [5.41, 5.74) is 1.34. The van der Waals surface area contributed by atoms with Crippen molar-refractivity contribution in [3.63, 3.8) is 0 Å². The highest BCUT2D eigenvalue weighted by Gasteiger charge is 2.22. The first-order chi connectivity index (χ1) is 13.8. The lowest BCUT2D eigenvalue weighted by Gasteiger charge is -2.12. The van der Waals surface area contributed by atoms with Crippen LogP contribution < -0.4 is 9.46 Å². The van der Waals surface area contributed by atoms with Crippen LogP contribution in [0, 0.1) is 18.6 Å². The van der Waals surface area contributed by atoms with E-state index in [0.717, 1.165) is 17.8 Å². The van der Waals surface area contributed by atoms with Crippen molar-refractivity contribution in [3.8, 4) is 16.5 Å². The van der Waals surface area contributed by atoms with Crippen molar-refractivity contribution in [1.82, 2.24) is 19.6 Å². The van der Waals surface area contributed by atoms with E-state index in [9.17, 15) is 17.2 Å². The van der Waals surface area contributed by atoms with Crippen molar-refractivity contribution in [2.75, 3.05) is 11.8 Å². The Morgan fingerprint density at radius 2 is 1.97 bits per heavy atom. The third-order valence-corrected chi connectivity index (χ3v) is 6.35. The monoisotopic (exact) mass is 437 g/mol. The molecule has 1 aromatic carbocycles. The topological polar surface area (TPSA) is 98.5 Å². The van der Waals surface area contributed by atoms with Crippen LogP contribution in [-0.2, 0) is 10.0 Å². The molecule has 8 nitrogen and oxygen atoms in total. The zero-order chi connectivity index (χ0) is 20.8. The van der Waals surface area contributed by atoms with Crippen molar-refractivity contribution < 1.29 is 21.9 Å². The van der Waals surface area contributed by atoms with E-state index in [1.807, 2.05) is 6.92 Å². The van der Waals surface area contributed by atoms with Gasteiger partial charge in [0.1, 0.15) is 27.2 Å². The number of pyridine rings is 1. The number of aromatic nitrogens is 4. The normalized spacial score (nSPS) is 11.7. The summed E-state index contributed by atoms with van der Waals surface area (Å²) in [6, 6.07) is 3.67. The molecule has 4 rings (SSSR count). The molecule has 12 heteroatoms. The Labute approximate surface area is 167 Å². The van der Waals surface area contributed by atoms with Gasteiger partial charge in [-0.15, -0.1) is 0 Å². The van der Waals surface area contributed by atoms with E-state index in [0.29, 0.717) is 21.6 Å². The number of imidazole rings is 1. The van der Waals surface area contributed by atoms with Crippen LogP contribution in [0.3, 0.4) is 0 Å². The summed E-state index contributed by atoms with van der Waals surface area (Å²) in [5.74, 6) is -2.11. The molecular formula is C17H13F2N5O3S2. The van der Waals surface area contributed by atoms with Gasteiger partial charge in [-0.3, -0.25) is 4.72 Å². The Morgan fingerprint density at radius 1 is 1.17 bits per heavy atom. The molecule has 3 aromatic heterocycles. The summed E-state index contributed by atoms with van der Waals surface area (Å²) in [6.07, 6.45) is 3.16. The molecule has 0 aliphatic carbocycles. The number of halogens is 2. The molecule has 3 heterocycles. The highest BCUT2D eigenvalue weighted by molar-refractivity contribution is 7.92. The van der Waals surface area contributed by atoms with Gasteiger partial charge in [0.25, 0.3) is 10.0 Å². The van der Waals surface area contributed by atoms with Crippen LogP contribution in [0.4, 0.5) is 14.5 Å². The van der Waals surface area contributed by atoms with Gasteiger partial charge in [0.05, 0.1) is 19.0 Å². The van der Waals surface area contributed by atoms with E-state index < -0.39 is 26.6 Å². The molecule has 0 spiro atoms. The molecule has 0 saturated heterocycles. The Kier molecular flexibility index (Phi) is 4.67. The van der Waals surface area contributed by atoms with Crippen LogP contribution in [0.1, 0.15) is 5.69 Å². The lowest BCUT2D eigenvalue weighted by atomic mass is 10.3. The summed E-state index contributed by atoms with van der Waals surface area (Å²) >= 11 is 1.29. The van der Waals surface area contributed by atoms with E-state index in [1.54, 1.807) is 10.7 Å². The number of benzene rings is 1. The summed E-state index contributed by atoms with van der Waals surface area (Å²) in [6.45, 7) is 1.85. The predicted octanol–water partition coefficient (Wildman–Crippen LogP) is 3.25. The van der Waals surface area contributed by atoms with Gasteiger partial charge in [-0.25, -0.2) is 31.7 Å². The third-order valence-electron chi connectivity index (χ3n) is 3.98. The van der Waals surface area contributed by atoms with Crippen molar-refractivity contribution in [2.24, 2.45) is 0 Å². The fourth-order valence-electron chi connectivity index (χ4n) is 2.61. The van der Waals surface area contributed by atoms with Gasteiger partial charge in [0.2, 0.25) is 10.8 Å². The Balaban J connectivity index is 1.75. The molecular weight excluding hydrogens is 424 g/mol. The molecule has 0 unspecified atom stereocenters. The van der Waals surface area contributed by atoms with Crippen molar-refractivity contribution in [3.05, 3.63) is 54.0 Å². The van der Waals surface area contributed by atoms with Crippen molar-refractivity contribution in [2.45, 2.75) is 11.8 Å². The first kappa shape index (κ1) is 19.2. The number of rotatable bonds is 5. The number of sulfonamides is 1. The van der Waals surface area contributed by atoms with Gasteiger partial charge in [-0.05, 0) is 25.1 Å². The molecule has 0 saturated carbocycles. The highest BCUT2D eigenvalue weighted by atomic mass is 32.2.